The minimum Gasteiger partial charge on any atom is -0.440 e. The molecule has 2 amide bonds. The second-order valence-electron chi connectivity index (χ2n) is 4.64. The number of nitrogens with one attached hydrogen (secondary N) is 1. The van der Waals surface area contributed by atoms with E-state index >= 15 is 0 Å². The Morgan fingerprint density at radius 2 is 2.35 bits per heavy atom. The maximum Gasteiger partial charge on any atom is 0.226 e. The molecular formula is C14H16N2O4. The predicted octanol–water partition coefficient (Wildman–Crippen LogP) is 1.48. The Labute approximate surface area is 115 Å². The molecule has 0 aliphatic rings. The van der Waals surface area contributed by atoms with E-state index in [1.165, 1.54) is 0 Å². The number of nitrogens with zero attached hydrogens (tertiary/aromatic N) is 1. The molecule has 0 aliphatic carbocycles. The van der Waals surface area contributed by atoms with Crippen LogP contribution in [-0.4, -0.2) is 22.4 Å². The van der Waals surface area contributed by atoms with E-state index in [2.05, 4.69) is 10.3 Å². The number of aliphatic hydroxyl groups is 1. The van der Waals surface area contributed by atoms with Crippen LogP contribution in [0.1, 0.15) is 37.1 Å². The number of aromatic nitrogens is 1. The monoisotopic (exact) mass is 276 g/mol. The number of imide groups is 1. The molecule has 20 heavy (non-hydrogen) atoms. The van der Waals surface area contributed by atoms with E-state index in [1.54, 1.807) is 18.2 Å². The van der Waals surface area contributed by atoms with Gasteiger partial charge in [-0.2, -0.15) is 0 Å². The molecule has 6 nitrogen and oxygen atoms in total. The van der Waals surface area contributed by atoms with Crippen molar-refractivity contribution in [3.63, 3.8) is 0 Å². The molecule has 106 valence electrons. The van der Waals surface area contributed by atoms with Gasteiger partial charge >= 0.3 is 0 Å². The predicted molar refractivity (Wildman–Crippen MR) is 71.8 cm³/mol. The average molecular weight is 276 g/mol. The average Bonchev–Trinajstić information content (AvgIpc) is 2.87. The zero-order chi connectivity index (χ0) is 14.5. The number of carbonyl (C=O) groups excluding carboxylic acids is 2. The van der Waals surface area contributed by atoms with Crippen molar-refractivity contribution in [2.24, 2.45) is 0 Å². The first-order valence-corrected chi connectivity index (χ1v) is 6.37. The van der Waals surface area contributed by atoms with Crippen LogP contribution in [0.15, 0.2) is 22.6 Å². The summed E-state index contributed by atoms with van der Waals surface area (Å²) in [5.41, 5.74) is 2.11. The number of benzene rings is 1. The Morgan fingerprint density at radius 3 is 3.05 bits per heavy atom. The van der Waals surface area contributed by atoms with E-state index in [0.717, 1.165) is 11.1 Å². The first-order chi connectivity index (χ1) is 9.63. The summed E-state index contributed by atoms with van der Waals surface area (Å²) in [6.45, 7) is 1.86. The van der Waals surface area contributed by atoms with Gasteiger partial charge in [0.25, 0.3) is 0 Å². The summed E-state index contributed by atoms with van der Waals surface area (Å²) < 4.78 is 5.64. The summed E-state index contributed by atoms with van der Waals surface area (Å²) in [6, 6.07) is 5.33. The fourth-order valence-electron chi connectivity index (χ4n) is 1.90. The smallest absolute Gasteiger partial charge is 0.226 e. The summed E-state index contributed by atoms with van der Waals surface area (Å²) in [5, 5.41) is 11.2. The van der Waals surface area contributed by atoms with Gasteiger partial charge in [0.2, 0.25) is 12.3 Å². The molecule has 2 aromatic rings. The third-order valence-corrected chi connectivity index (χ3v) is 3.10. The van der Waals surface area contributed by atoms with Gasteiger partial charge in [-0.25, -0.2) is 4.98 Å². The SMILES string of the molecule is CC(CCC(=O)NC=O)c1nc2ccc(CO)cc2o1. The molecule has 0 aliphatic heterocycles. The van der Waals surface area contributed by atoms with Gasteiger partial charge in [-0.3, -0.25) is 14.9 Å². The molecule has 1 aromatic heterocycles. The largest absolute Gasteiger partial charge is 0.440 e. The van der Waals surface area contributed by atoms with Crippen LogP contribution in [-0.2, 0) is 16.2 Å². The maximum atomic E-state index is 11.2. The van der Waals surface area contributed by atoms with Gasteiger partial charge in [-0.1, -0.05) is 13.0 Å². The van der Waals surface area contributed by atoms with Crippen molar-refractivity contribution in [3.05, 3.63) is 29.7 Å². The van der Waals surface area contributed by atoms with E-state index in [0.29, 0.717) is 24.3 Å². The Balaban J connectivity index is 2.08. The Bertz CT molecular complexity index is 621. The number of rotatable bonds is 6. The topological polar surface area (TPSA) is 92.4 Å². The second kappa shape index (κ2) is 6.29. The maximum absolute atomic E-state index is 11.2. The van der Waals surface area contributed by atoms with Crippen molar-refractivity contribution in [1.82, 2.24) is 10.3 Å². The normalized spacial score (nSPS) is 12.3. The Morgan fingerprint density at radius 1 is 1.55 bits per heavy atom. The van der Waals surface area contributed by atoms with Crippen LogP contribution >= 0.6 is 0 Å². The first kappa shape index (κ1) is 14.2. The van der Waals surface area contributed by atoms with Crippen LogP contribution in [0.25, 0.3) is 11.1 Å². The molecule has 0 radical (unpaired) electrons. The lowest BCUT2D eigenvalue weighted by Gasteiger charge is -2.05. The molecule has 0 spiro atoms. The van der Waals surface area contributed by atoms with E-state index < -0.39 is 0 Å². The van der Waals surface area contributed by atoms with Crippen molar-refractivity contribution >= 4 is 23.4 Å². The van der Waals surface area contributed by atoms with E-state index in [9.17, 15) is 9.59 Å². The van der Waals surface area contributed by atoms with Crippen molar-refractivity contribution in [2.75, 3.05) is 0 Å². The standard InChI is InChI=1S/C14H16N2O4/c1-9(2-5-13(19)15-8-18)14-16-11-4-3-10(7-17)6-12(11)20-14/h3-4,6,8-9,17H,2,5,7H2,1H3,(H,15,18,19). The second-order valence-corrected chi connectivity index (χ2v) is 4.64. The lowest BCUT2D eigenvalue weighted by atomic mass is 10.1. The van der Waals surface area contributed by atoms with Crippen LogP contribution in [0.3, 0.4) is 0 Å². The molecule has 0 saturated carbocycles. The summed E-state index contributed by atoms with van der Waals surface area (Å²) in [4.78, 5) is 25.7. The van der Waals surface area contributed by atoms with Crippen LogP contribution in [0.5, 0.6) is 0 Å². The number of hydrogen-bond donors (Lipinski definition) is 2. The number of hydrogen-bond acceptors (Lipinski definition) is 5. The number of carbonyl (C=O) groups is 2. The van der Waals surface area contributed by atoms with Crippen LogP contribution in [0.4, 0.5) is 0 Å². The molecule has 0 bridgehead atoms. The number of amides is 2. The number of aliphatic hydroxyl groups excluding tert-OH is 1. The van der Waals surface area contributed by atoms with Gasteiger partial charge in [0.15, 0.2) is 11.5 Å². The van der Waals surface area contributed by atoms with Gasteiger partial charge < -0.3 is 9.52 Å². The Kier molecular flexibility index (Phi) is 4.47. The van der Waals surface area contributed by atoms with Gasteiger partial charge in [-0.15, -0.1) is 0 Å². The van der Waals surface area contributed by atoms with Crippen LogP contribution in [0.2, 0.25) is 0 Å². The molecule has 2 rings (SSSR count). The van der Waals surface area contributed by atoms with Crippen molar-refractivity contribution < 1.29 is 19.1 Å². The fraction of sp³-hybridized carbons (Fsp3) is 0.357. The lowest BCUT2D eigenvalue weighted by Crippen LogP contribution is -2.21. The highest BCUT2D eigenvalue weighted by atomic mass is 16.3. The van der Waals surface area contributed by atoms with Gasteiger partial charge in [0, 0.05) is 12.3 Å². The Hall–Kier alpha value is -2.21. The third kappa shape index (κ3) is 3.21. The minimum absolute atomic E-state index is 0.0302. The summed E-state index contributed by atoms with van der Waals surface area (Å²) in [7, 11) is 0. The molecule has 1 heterocycles. The fourth-order valence-corrected chi connectivity index (χ4v) is 1.90. The van der Waals surface area contributed by atoms with Crippen molar-refractivity contribution in [3.8, 4) is 0 Å². The molecular weight excluding hydrogens is 260 g/mol. The zero-order valence-corrected chi connectivity index (χ0v) is 11.1. The number of fused-ring (bicyclic) bond motifs is 1. The number of oxazole rings is 1. The summed E-state index contributed by atoms with van der Waals surface area (Å²) in [5.74, 6) is 0.205. The van der Waals surface area contributed by atoms with Crippen LogP contribution < -0.4 is 5.32 Å². The lowest BCUT2D eigenvalue weighted by molar-refractivity contribution is -0.125. The molecule has 1 unspecified atom stereocenters. The first-order valence-electron chi connectivity index (χ1n) is 6.37. The highest BCUT2D eigenvalue weighted by molar-refractivity contribution is 5.85. The zero-order valence-electron chi connectivity index (χ0n) is 11.1. The molecule has 2 N–H and O–H groups in total. The minimum atomic E-state index is -0.314. The molecule has 6 heteroatoms. The molecule has 0 fully saturated rings. The van der Waals surface area contributed by atoms with Gasteiger partial charge in [-0.05, 0) is 24.1 Å². The van der Waals surface area contributed by atoms with E-state index in [-0.39, 0.29) is 24.9 Å². The van der Waals surface area contributed by atoms with Crippen LogP contribution in [0, 0.1) is 0 Å². The van der Waals surface area contributed by atoms with Crippen molar-refractivity contribution in [1.29, 1.82) is 0 Å². The summed E-state index contributed by atoms with van der Waals surface area (Å²) >= 11 is 0. The summed E-state index contributed by atoms with van der Waals surface area (Å²) in [6.07, 6.45) is 1.16. The third-order valence-electron chi connectivity index (χ3n) is 3.10. The van der Waals surface area contributed by atoms with Gasteiger partial charge in [0.05, 0.1) is 6.61 Å². The quantitative estimate of drug-likeness (QED) is 0.779. The molecule has 1 aromatic carbocycles. The molecule has 1 atom stereocenters. The van der Waals surface area contributed by atoms with Crippen molar-refractivity contribution in [2.45, 2.75) is 32.3 Å². The van der Waals surface area contributed by atoms with E-state index in [4.69, 9.17) is 9.52 Å². The van der Waals surface area contributed by atoms with E-state index in [1.807, 2.05) is 6.92 Å². The van der Waals surface area contributed by atoms with Gasteiger partial charge in [0.1, 0.15) is 5.52 Å². The highest BCUT2D eigenvalue weighted by Gasteiger charge is 2.15. The highest BCUT2D eigenvalue weighted by Crippen LogP contribution is 2.25. The molecule has 0 saturated heterocycles.